The lowest BCUT2D eigenvalue weighted by molar-refractivity contribution is 0.118. The fraction of sp³-hybridized carbons (Fsp3) is 1.00. The lowest BCUT2D eigenvalue weighted by atomic mass is 9.80. The summed E-state index contributed by atoms with van der Waals surface area (Å²) in [6.07, 6.45) is 7.98. The molecule has 0 aromatic rings. The highest BCUT2D eigenvalue weighted by Gasteiger charge is 2.32. The molecule has 4 unspecified atom stereocenters. The summed E-state index contributed by atoms with van der Waals surface area (Å²) >= 11 is 0. The molecule has 1 heterocycles. The lowest BCUT2D eigenvalue weighted by Gasteiger charge is -2.40. The number of likely N-dealkylation sites (N-methyl/N-ethyl adjacent to an activating group) is 1. The molecule has 0 amide bonds. The fourth-order valence-corrected chi connectivity index (χ4v) is 4.15. The van der Waals surface area contributed by atoms with E-state index in [0.717, 1.165) is 11.8 Å². The highest BCUT2D eigenvalue weighted by Crippen LogP contribution is 2.30. The van der Waals surface area contributed by atoms with Crippen LogP contribution >= 0.6 is 0 Å². The Morgan fingerprint density at radius 2 is 2.00 bits per heavy atom. The van der Waals surface area contributed by atoms with Gasteiger partial charge in [-0.2, -0.15) is 0 Å². The van der Waals surface area contributed by atoms with Crippen LogP contribution in [0, 0.1) is 11.8 Å². The number of nitrogens with two attached hydrogens (primary N) is 1. The highest BCUT2D eigenvalue weighted by atomic mass is 15.2. The van der Waals surface area contributed by atoms with E-state index in [1.165, 1.54) is 58.2 Å². The molecule has 0 bridgehead atoms. The second-order valence-corrected chi connectivity index (χ2v) is 7.06. The van der Waals surface area contributed by atoms with E-state index in [-0.39, 0.29) is 0 Å². The van der Waals surface area contributed by atoms with E-state index >= 15 is 0 Å². The van der Waals surface area contributed by atoms with Gasteiger partial charge in [0.1, 0.15) is 0 Å². The van der Waals surface area contributed by atoms with Crippen molar-refractivity contribution in [2.75, 3.05) is 33.7 Å². The van der Waals surface area contributed by atoms with Gasteiger partial charge in [-0.1, -0.05) is 19.8 Å². The van der Waals surface area contributed by atoms with Crippen LogP contribution in [-0.2, 0) is 0 Å². The molecule has 3 nitrogen and oxygen atoms in total. The molecular weight excluding hydrogens is 234 g/mol. The third-order valence-corrected chi connectivity index (χ3v) is 5.28. The molecule has 19 heavy (non-hydrogen) atoms. The highest BCUT2D eigenvalue weighted by molar-refractivity contribution is 4.89. The first-order valence-electron chi connectivity index (χ1n) is 8.24. The summed E-state index contributed by atoms with van der Waals surface area (Å²) in [6.45, 7) is 6.08. The van der Waals surface area contributed by atoms with Gasteiger partial charge in [0.15, 0.2) is 0 Å². The van der Waals surface area contributed by atoms with Crippen LogP contribution in [-0.4, -0.2) is 55.6 Å². The van der Waals surface area contributed by atoms with Crippen LogP contribution in [0.1, 0.15) is 45.4 Å². The third kappa shape index (κ3) is 4.17. The first kappa shape index (κ1) is 15.3. The molecule has 1 aliphatic heterocycles. The van der Waals surface area contributed by atoms with Crippen LogP contribution in [0.4, 0.5) is 0 Å². The molecule has 4 atom stereocenters. The van der Waals surface area contributed by atoms with Gasteiger partial charge in [0.05, 0.1) is 0 Å². The number of hydrogen-bond acceptors (Lipinski definition) is 3. The van der Waals surface area contributed by atoms with E-state index in [1.54, 1.807) is 0 Å². The van der Waals surface area contributed by atoms with Crippen LogP contribution in [0.25, 0.3) is 0 Å². The largest absolute Gasteiger partial charge is 0.326 e. The van der Waals surface area contributed by atoms with Crippen molar-refractivity contribution in [2.24, 2.45) is 17.6 Å². The van der Waals surface area contributed by atoms with Gasteiger partial charge < -0.3 is 15.5 Å². The van der Waals surface area contributed by atoms with Crippen molar-refractivity contribution >= 4 is 0 Å². The molecule has 1 saturated heterocycles. The van der Waals surface area contributed by atoms with Crippen molar-refractivity contribution in [1.29, 1.82) is 0 Å². The zero-order valence-corrected chi connectivity index (χ0v) is 13.1. The summed E-state index contributed by atoms with van der Waals surface area (Å²) < 4.78 is 0. The molecule has 2 aliphatic rings. The smallest absolute Gasteiger partial charge is 0.0246 e. The summed E-state index contributed by atoms with van der Waals surface area (Å²) in [5, 5.41) is 0. The molecule has 1 saturated carbocycles. The van der Waals surface area contributed by atoms with Gasteiger partial charge >= 0.3 is 0 Å². The van der Waals surface area contributed by atoms with Gasteiger partial charge in [0, 0.05) is 25.2 Å². The van der Waals surface area contributed by atoms with E-state index in [0.29, 0.717) is 12.1 Å². The first-order chi connectivity index (χ1) is 9.10. The van der Waals surface area contributed by atoms with Crippen molar-refractivity contribution in [3.8, 4) is 0 Å². The predicted octanol–water partition coefficient (Wildman–Crippen LogP) is 2.17. The van der Waals surface area contributed by atoms with Gasteiger partial charge in [0.2, 0.25) is 0 Å². The van der Waals surface area contributed by atoms with Crippen molar-refractivity contribution in [1.82, 2.24) is 9.80 Å². The van der Waals surface area contributed by atoms with Gasteiger partial charge in [-0.05, 0) is 58.2 Å². The monoisotopic (exact) mass is 267 g/mol. The van der Waals surface area contributed by atoms with Gasteiger partial charge in [-0.15, -0.1) is 0 Å². The quantitative estimate of drug-likeness (QED) is 0.828. The second-order valence-electron chi connectivity index (χ2n) is 7.06. The number of hydrogen-bond donors (Lipinski definition) is 1. The Hall–Kier alpha value is -0.120. The molecule has 3 heteroatoms. The van der Waals surface area contributed by atoms with Crippen LogP contribution < -0.4 is 5.73 Å². The summed E-state index contributed by atoms with van der Waals surface area (Å²) in [6, 6.07) is 1.02. The fourth-order valence-electron chi connectivity index (χ4n) is 4.15. The number of rotatable bonds is 5. The molecule has 0 aromatic carbocycles. The molecule has 1 aliphatic carbocycles. The average Bonchev–Trinajstić information content (AvgIpc) is 2.77. The Balaban J connectivity index is 1.83. The Morgan fingerprint density at radius 1 is 1.21 bits per heavy atom. The molecule has 2 N–H and O–H groups in total. The number of likely N-dealkylation sites (tertiary alicyclic amines) is 1. The van der Waals surface area contributed by atoms with Crippen LogP contribution in [0.3, 0.4) is 0 Å². The minimum Gasteiger partial charge on any atom is -0.326 e. The summed E-state index contributed by atoms with van der Waals surface area (Å²) in [7, 11) is 4.54. The molecule has 0 spiro atoms. The summed E-state index contributed by atoms with van der Waals surface area (Å²) in [5.41, 5.74) is 6.39. The first-order valence-corrected chi connectivity index (χ1v) is 8.24. The zero-order chi connectivity index (χ0) is 13.8. The number of nitrogens with zero attached hydrogens (tertiary/aromatic N) is 2. The topological polar surface area (TPSA) is 32.5 Å². The van der Waals surface area contributed by atoms with Gasteiger partial charge in [-0.25, -0.2) is 0 Å². The molecular formula is C16H33N3. The van der Waals surface area contributed by atoms with E-state index in [1.807, 2.05) is 0 Å². The molecule has 0 aromatic heterocycles. The van der Waals surface area contributed by atoms with Gasteiger partial charge in [-0.3, -0.25) is 0 Å². The maximum atomic E-state index is 6.39. The Labute approximate surface area is 119 Å². The Morgan fingerprint density at radius 3 is 2.63 bits per heavy atom. The van der Waals surface area contributed by atoms with Crippen LogP contribution in [0.15, 0.2) is 0 Å². The maximum Gasteiger partial charge on any atom is 0.0246 e. The third-order valence-electron chi connectivity index (χ3n) is 5.28. The van der Waals surface area contributed by atoms with Crippen LogP contribution in [0.5, 0.6) is 0 Å². The normalized spacial score (nSPS) is 37.1. The molecule has 112 valence electrons. The van der Waals surface area contributed by atoms with E-state index < -0.39 is 0 Å². The lowest BCUT2D eigenvalue weighted by Crippen LogP contribution is -2.51. The maximum absolute atomic E-state index is 6.39. The standard InChI is InChI=1S/C16H33N3/c1-4-5-13-6-7-15(17)16(10-13)19(3)12-14-8-9-18(2)11-14/h13-16H,4-12,17H2,1-3H3. The van der Waals surface area contributed by atoms with Crippen molar-refractivity contribution in [2.45, 2.75) is 57.5 Å². The molecule has 2 fully saturated rings. The summed E-state index contributed by atoms with van der Waals surface area (Å²) in [4.78, 5) is 5.04. The van der Waals surface area contributed by atoms with Crippen LogP contribution in [0.2, 0.25) is 0 Å². The minimum atomic E-state index is 0.400. The van der Waals surface area contributed by atoms with E-state index in [9.17, 15) is 0 Å². The Kier molecular flexibility index (Phi) is 5.67. The van der Waals surface area contributed by atoms with Gasteiger partial charge in [0.25, 0.3) is 0 Å². The van der Waals surface area contributed by atoms with E-state index in [4.69, 9.17) is 5.73 Å². The molecule has 0 radical (unpaired) electrons. The van der Waals surface area contributed by atoms with Crippen molar-refractivity contribution in [3.63, 3.8) is 0 Å². The zero-order valence-electron chi connectivity index (χ0n) is 13.1. The predicted molar refractivity (Wildman–Crippen MR) is 82.2 cm³/mol. The molecule has 2 rings (SSSR count). The minimum absolute atomic E-state index is 0.400. The van der Waals surface area contributed by atoms with E-state index in [2.05, 4.69) is 30.8 Å². The van der Waals surface area contributed by atoms with Crippen molar-refractivity contribution < 1.29 is 0 Å². The average molecular weight is 267 g/mol. The SMILES string of the molecule is CCCC1CCC(N)C(N(C)CC2CCN(C)C2)C1. The van der Waals surface area contributed by atoms with Crippen molar-refractivity contribution in [3.05, 3.63) is 0 Å². The summed E-state index contributed by atoms with van der Waals surface area (Å²) in [5.74, 6) is 1.78. The Bertz CT molecular complexity index is 269. The second kappa shape index (κ2) is 7.05.